The van der Waals surface area contributed by atoms with E-state index in [1.165, 1.54) is 6.42 Å². The molecule has 1 saturated heterocycles. The highest BCUT2D eigenvalue weighted by Gasteiger charge is 2.19. The van der Waals surface area contributed by atoms with Gasteiger partial charge in [0.1, 0.15) is 0 Å². The van der Waals surface area contributed by atoms with E-state index in [0.717, 1.165) is 31.8 Å². The Morgan fingerprint density at radius 1 is 1.56 bits per heavy atom. The highest BCUT2D eigenvalue weighted by molar-refractivity contribution is 5.44. The van der Waals surface area contributed by atoms with Gasteiger partial charge in [0.15, 0.2) is 0 Å². The summed E-state index contributed by atoms with van der Waals surface area (Å²) in [6, 6.07) is 3.91. The van der Waals surface area contributed by atoms with Crippen LogP contribution < -0.4 is 4.90 Å². The maximum atomic E-state index is 9.44. The van der Waals surface area contributed by atoms with Gasteiger partial charge < -0.3 is 14.7 Å². The Hall–Kier alpha value is -1.13. The Labute approximate surface area is 109 Å². The molecule has 18 heavy (non-hydrogen) atoms. The second-order valence-electron chi connectivity index (χ2n) is 4.79. The summed E-state index contributed by atoms with van der Waals surface area (Å²) in [5, 5.41) is 9.44. The lowest BCUT2D eigenvalue weighted by Gasteiger charge is -2.25. The van der Waals surface area contributed by atoms with Crippen LogP contribution in [-0.2, 0) is 4.74 Å². The van der Waals surface area contributed by atoms with Gasteiger partial charge in [0.2, 0.25) is 0 Å². The number of anilines is 1. The van der Waals surface area contributed by atoms with E-state index < -0.39 is 6.10 Å². The zero-order valence-corrected chi connectivity index (χ0v) is 11.2. The number of hydrogen-bond acceptors (Lipinski definition) is 4. The molecule has 1 aromatic heterocycles. The van der Waals surface area contributed by atoms with Gasteiger partial charge in [-0.05, 0) is 38.8 Å². The summed E-state index contributed by atoms with van der Waals surface area (Å²) >= 11 is 0. The SMILES string of the molecule is CCN(CC1CCCO1)c1ccc([C@@H](C)O)nc1. The molecule has 0 bridgehead atoms. The smallest absolute Gasteiger partial charge is 0.0931 e. The molecule has 4 heteroatoms. The number of nitrogens with zero attached hydrogens (tertiary/aromatic N) is 2. The summed E-state index contributed by atoms with van der Waals surface area (Å²) in [7, 11) is 0. The lowest BCUT2D eigenvalue weighted by Crippen LogP contribution is -2.32. The number of aliphatic hydroxyl groups excluding tert-OH is 1. The zero-order chi connectivity index (χ0) is 13.0. The number of likely N-dealkylation sites (N-methyl/N-ethyl adjacent to an activating group) is 1. The van der Waals surface area contributed by atoms with Crippen LogP contribution in [0.4, 0.5) is 5.69 Å². The summed E-state index contributed by atoms with van der Waals surface area (Å²) < 4.78 is 5.67. The van der Waals surface area contributed by atoms with Crippen molar-refractivity contribution in [3.63, 3.8) is 0 Å². The van der Waals surface area contributed by atoms with E-state index in [-0.39, 0.29) is 0 Å². The first-order valence-electron chi connectivity index (χ1n) is 6.71. The Morgan fingerprint density at radius 3 is 2.89 bits per heavy atom. The first-order valence-corrected chi connectivity index (χ1v) is 6.71. The molecule has 1 N–H and O–H groups in total. The lowest BCUT2D eigenvalue weighted by molar-refractivity contribution is 0.115. The van der Waals surface area contributed by atoms with Gasteiger partial charge >= 0.3 is 0 Å². The van der Waals surface area contributed by atoms with Gasteiger partial charge in [-0.25, -0.2) is 0 Å². The van der Waals surface area contributed by atoms with Crippen LogP contribution >= 0.6 is 0 Å². The predicted octanol–water partition coefficient (Wildman–Crippen LogP) is 2.14. The van der Waals surface area contributed by atoms with E-state index in [9.17, 15) is 5.11 Å². The molecule has 0 spiro atoms. The highest BCUT2D eigenvalue weighted by Crippen LogP contribution is 2.19. The highest BCUT2D eigenvalue weighted by atomic mass is 16.5. The summed E-state index contributed by atoms with van der Waals surface area (Å²) in [6.07, 6.45) is 3.99. The Kier molecular flexibility index (Phi) is 4.55. The molecule has 4 nitrogen and oxygen atoms in total. The topological polar surface area (TPSA) is 45.6 Å². The molecule has 0 aromatic carbocycles. The van der Waals surface area contributed by atoms with Crippen LogP contribution in [0.3, 0.4) is 0 Å². The number of rotatable bonds is 5. The third-order valence-corrected chi connectivity index (χ3v) is 3.39. The van der Waals surface area contributed by atoms with Crippen molar-refractivity contribution in [1.82, 2.24) is 4.98 Å². The molecule has 1 fully saturated rings. The molecular formula is C14H22N2O2. The molecule has 1 aliphatic rings. The molecule has 2 heterocycles. The van der Waals surface area contributed by atoms with Crippen molar-refractivity contribution in [2.24, 2.45) is 0 Å². The number of aromatic nitrogens is 1. The molecule has 2 rings (SSSR count). The Bertz CT molecular complexity index is 359. The average molecular weight is 250 g/mol. The third kappa shape index (κ3) is 3.21. The van der Waals surface area contributed by atoms with Crippen molar-refractivity contribution in [1.29, 1.82) is 0 Å². The van der Waals surface area contributed by atoms with Crippen LogP contribution in [0, 0.1) is 0 Å². The second-order valence-corrected chi connectivity index (χ2v) is 4.79. The standard InChI is InChI=1S/C14H22N2O2/c1-3-16(10-13-5-4-8-18-13)12-6-7-14(11(2)17)15-9-12/h6-7,9,11,13,17H,3-5,8,10H2,1-2H3/t11-,13?/m1/s1. The minimum absolute atomic E-state index is 0.349. The Morgan fingerprint density at radius 2 is 2.39 bits per heavy atom. The van der Waals surface area contributed by atoms with Crippen LogP contribution in [0.25, 0.3) is 0 Å². The van der Waals surface area contributed by atoms with Crippen molar-refractivity contribution in [3.8, 4) is 0 Å². The van der Waals surface area contributed by atoms with Crippen molar-refractivity contribution >= 4 is 5.69 Å². The van der Waals surface area contributed by atoms with Crippen LogP contribution in [0.2, 0.25) is 0 Å². The van der Waals surface area contributed by atoms with Crippen LogP contribution in [0.5, 0.6) is 0 Å². The summed E-state index contributed by atoms with van der Waals surface area (Å²) in [5.74, 6) is 0. The molecule has 2 atom stereocenters. The quantitative estimate of drug-likeness (QED) is 0.869. The number of aliphatic hydroxyl groups is 1. The van der Waals surface area contributed by atoms with Crippen LogP contribution in [0.15, 0.2) is 18.3 Å². The predicted molar refractivity (Wildman–Crippen MR) is 71.7 cm³/mol. The van der Waals surface area contributed by atoms with Gasteiger partial charge in [-0.15, -0.1) is 0 Å². The average Bonchev–Trinajstić information content (AvgIpc) is 2.89. The third-order valence-electron chi connectivity index (χ3n) is 3.39. The number of hydrogen-bond donors (Lipinski definition) is 1. The molecule has 1 aliphatic heterocycles. The number of pyridine rings is 1. The second kappa shape index (κ2) is 6.16. The molecule has 0 amide bonds. The Balaban J connectivity index is 2.02. The van der Waals surface area contributed by atoms with E-state index in [0.29, 0.717) is 11.8 Å². The summed E-state index contributed by atoms with van der Waals surface area (Å²) in [6.45, 7) is 6.62. The van der Waals surface area contributed by atoms with Crippen molar-refractivity contribution < 1.29 is 9.84 Å². The molecule has 100 valence electrons. The summed E-state index contributed by atoms with van der Waals surface area (Å²) in [5.41, 5.74) is 1.81. The van der Waals surface area contributed by atoms with Gasteiger partial charge in [-0.2, -0.15) is 0 Å². The van der Waals surface area contributed by atoms with E-state index in [1.807, 2.05) is 18.3 Å². The molecule has 0 radical (unpaired) electrons. The van der Waals surface area contributed by atoms with Gasteiger partial charge in [-0.3, -0.25) is 4.98 Å². The zero-order valence-electron chi connectivity index (χ0n) is 11.2. The fourth-order valence-corrected chi connectivity index (χ4v) is 2.28. The fraction of sp³-hybridized carbons (Fsp3) is 0.643. The van der Waals surface area contributed by atoms with E-state index in [1.54, 1.807) is 6.92 Å². The van der Waals surface area contributed by atoms with Crippen molar-refractivity contribution in [3.05, 3.63) is 24.0 Å². The van der Waals surface area contributed by atoms with E-state index >= 15 is 0 Å². The van der Waals surface area contributed by atoms with Crippen LogP contribution in [0.1, 0.15) is 38.5 Å². The van der Waals surface area contributed by atoms with Gasteiger partial charge in [0.05, 0.1) is 29.8 Å². The van der Waals surface area contributed by atoms with Crippen molar-refractivity contribution in [2.75, 3.05) is 24.6 Å². The van der Waals surface area contributed by atoms with Gasteiger partial charge in [0.25, 0.3) is 0 Å². The molecule has 0 aliphatic carbocycles. The minimum Gasteiger partial charge on any atom is -0.387 e. The molecule has 1 unspecified atom stereocenters. The molecule has 1 aromatic rings. The lowest BCUT2D eigenvalue weighted by atomic mass is 10.2. The maximum Gasteiger partial charge on any atom is 0.0931 e. The monoisotopic (exact) mass is 250 g/mol. The summed E-state index contributed by atoms with van der Waals surface area (Å²) in [4.78, 5) is 6.56. The normalized spacial score (nSPS) is 20.9. The first-order chi connectivity index (χ1) is 8.70. The maximum absolute atomic E-state index is 9.44. The van der Waals surface area contributed by atoms with Gasteiger partial charge in [0, 0.05) is 19.7 Å². The van der Waals surface area contributed by atoms with Gasteiger partial charge in [-0.1, -0.05) is 0 Å². The fourth-order valence-electron chi connectivity index (χ4n) is 2.28. The van der Waals surface area contributed by atoms with E-state index in [4.69, 9.17) is 4.74 Å². The first kappa shape index (κ1) is 13.3. The molecule has 0 saturated carbocycles. The number of ether oxygens (including phenoxy) is 1. The minimum atomic E-state index is -0.507. The van der Waals surface area contributed by atoms with Crippen LogP contribution in [-0.4, -0.2) is 35.9 Å². The van der Waals surface area contributed by atoms with E-state index in [2.05, 4.69) is 16.8 Å². The largest absolute Gasteiger partial charge is 0.387 e. The van der Waals surface area contributed by atoms with Crippen molar-refractivity contribution in [2.45, 2.75) is 38.9 Å². The molecular weight excluding hydrogens is 228 g/mol.